The van der Waals surface area contributed by atoms with Gasteiger partial charge in [-0.1, -0.05) is 12.1 Å². The minimum atomic E-state index is -3.76. The largest absolute Gasteiger partial charge is 0.506 e. The molecule has 3 aromatic rings. The summed E-state index contributed by atoms with van der Waals surface area (Å²) in [5.41, 5.74) is 1.07. The molecule has 0 saturated carbocycles. The molecule has 2 aromatic carbocycles. The molecular formula is C18H19ClN2O4S. The van der Waals surface area contributed by atoms with Crippen LogP contribution < -0.4 is 4.74 Å². The number of ether oxygens (including phenoxy) is 1. The summed E-state index contributed by atoms with van der Waals surface area (Å²) in [6, 6.07) is 13.3. The number of hydrogen-bond acceptors (Lipinski definition) is 5. The number of sulfonamides is 1. The number of aromatic hydroxyl groups is 1. The van der Waals surface area contributed by atoms with E-state index < -0.39 is 10.0 Å². The minimum absolute atomic E-state index is 0. The Bertz CT molecular complexity index is 1020. The predicted molar refractivity (Wildman–Crippen MR) is 102 cm³/mol. The van der Waals surface area contributed by atoms with Gasteiger partial charge in [0.05, 0.1) is 12.0 Å². The summed E-state index contributed by atoms with van der Waals surface area (Å²) in [4.78, 5) is 4.18. The number of pyridine rings is 1. The molecule has 0 fully saturated rings. The first-order valence-electron chi connectivity index (χ1n) is 7.59. The molecule has 0 atom stereocenters. The van der Waals surface area contributed by atoms with Crippen molar-refractivity contribution < 1.29 is 18.3 Å². The third-order valence-corrected chi connectivity index (χ3v) is 5.80. The lowest BCUT2D eigenvalue weighted by Gasteiger charge is -2.19. The molecule has 0 amide bonds. The van der Waals surface area contributed by atoms with Crippen LogP contribution in [0.2, 0.25) is 0 Å². The van der Waals surface area contributed by atoms with Gasteiger partial charge in [0.25, 0.3) is 0 Å². The highest BCUT2D eigenvalue weighted by Gasteiger charge is 2.24. The van der Waals surface area contributed by atoms with Crippen LogP contribution in [0.1, 0.15) is 5.56 Å². The Labute approximate surface area is 158 Å². The van der Waals surface area contributed by atoms with Crippen LogP contribution in [0, 0.1) is 0 Å². The van der Waals surface area contributed by atoms with Crippen molar-refractivity contribution >= 4 is 33.3 Å². The van der Waals surface area contributed by atoms with Crippen molar-refractivity contribution in [2.75, 3.05) is 14.2 Å². The van der Waals surface area contributed by atoms with E-state index in [1.165, 1.54) is 29.7 Å². The first kappa shape index (κ1) is 20.0. The highest BCUT2D eigenvalue weighted by molar-refractivity contribution is 7.89. The zero-order chi connectivity index (χ0) is 18.0. The van der Waals surface area contributed by atoms with Crippen LogP contribution in [0.5, 0.6) is 11.5 Å². The third-order valence-electron chi connectivity index (χ3n) is 3.94. The van der Waals surface area contributed by atoms with Crippen LogP contribution in [0.3, 0.4) is 0 Å². The van der Waals surface area contributed by atoms with Gasteiger partial charge in [0.2, 0.25) is 10.0 Å². The first-order chi connectivity index (χ1) is 11.9. The van der Waals surface area contributed by atoms with E-state index in [0.717, 1.165) is 5.56 Å². The van der Waals surface area contributed by atoms with Crippen molar-refractivity contribution in [3.8, 4) is 11.5 Å². The fourth-order valence-corrected chi connectivity index (χ4v) is 3.97. The lowest BCUT2D eigenvalue weighted by Crippen LogP contribution is -2.26. The van der Waals surface area contributed by atoms with E-state index in [-0.39, 0.29) is 35.1 Å². The van der Waals surface area contributed by atoms with Crippen LogP contribution >= 0.6 is 12.4 Å². The van der Waals surface area contributed by atoms with Gasteiger partial charge < -0.3 is 9.84 Å². The predicted octanol–water partition coefficient (Wildman–Crippen LogP) is 3.19. The van der Waals surface area contributed by atoms with Crippen LogP contribution in [-0.2, 0) is 16.6 Å². The first-order valence-corrected chi connectivity index (χ1v) is 9.03. The van der Waals surface area contributed by atoms with E-state index in [1.807, 2.05) is 12.1 Å². The Hall–Kier alpha value is -2.35. The van der Waals surface area contributed by atoms with Gasteiger partial charge in [-0.05, 0) is 42.0 Å². The fourth-order valence-electron chi connectivity index (χ4n) is 2.64. The van der Waals surface area contributed by atoms with Gasteiger partial charge in [0.15, 0.2) is 0 Å². The minimum Gasteiger partial charge on any atom is -0.506 e. The monoisotopic (exact) mass is 394 g/mol. The van der Waals surface area contributed by atoms with Crippen LogP contribution in [0.4, 0.5) is 0 Å². The van der Waals surface area contributed by atoms with E-state index in [9.17, 15) is 13.5 Å². The molecule has 1 heterocycles. The SMILES string of the molecule is COc1cccc(CN(C)S(=O)(=O)c2ccc(O)c3ncccc23)c1.Cl. The molecule has 1 aromatic heterocycles. The maximum atomic E-state index is 13.0. The van der Waals surface area contributed by atoms with Crippen molar-refractivity contribution in [2.24, 2.45) is 0 Å². The van der Waals surface area contributed by atoms with Gasteiger partial charge in [-0.25, -0.2) is 8.42 Å². The summed E-state index contributed by atoms with van der Waals surface area (Å²) in [5, 5.41) is 10.3. The van der Waals surface area contributed by atoms with Crippen molar-refractivity contribution in [3.05, 3.63) is 60.3 Å². The lowest BCUT2D eigenvalue weighted by atomic mass is 10.2. The Morgan fingerprint density at radius 3 is 2.65 bits per heavy atom. The number of fused-ring (bicyclic) bond motifs is 1. The van der Waals surface area contributed by atoms with E-state index >= 15 is 0 Å². The maximum Gasteiger partial charge on any atom is 0.243 e. The van der Waals surface area contributed by atoms with Gasteiger partial charge >= 0.3 is 0 Å². The topological polar surface area (TPSA) is 79.7 Å². The summed E-state index contributed by atoms with van der Waals surface area (Å²) in [7, 11) is -0.676. The standard InChI is InChI=1S/C18H18N2O4S.ClH/c1-20(12-13-5-3-6-14(11-13)24-2)25(22,23)17-9-8-16(21)18-15(17)7-4-10-19-18;/h3-11,21H,12H2,1-2H3;1H. The molecule has 3 rings (SSSR count). The summed E-state index contributed by atoms with van der Waals surface area (Å²) >= 11 is 0. The Morgan fingerprint density at radius 1 is 1.15 bits per heavy atom. The van der Waals surface area contributed by atoms with Crippen molar-refractivity contribution in [2.45, 2.75) is 11.4 Å². The molecule has 8 heteroatoms. The summed E-state index contributed by atoms with van der Waals surface area (Å²) in [5.74, 6) is 0.618. The number of rotatable bonds is 5. The summed E-state index contributed by atoms with van der Waals surface area (Å²) in [6.07, 6.45) is 1.51. The quantitative estimate of drug-likeness (QED) is 0.718. The zero-order valence-corrected chi connectivity index (χ0v) is 15.9. The normalized spacial score (nSPS) is 11.3. The molecule has 0 aliphatic carbocycles. The van der Waals surface area contributed by atoms with Gasteiger partial charge in [0.1, 0.15) is 17.0 Å². The molecule has 6 nitrogen and oxygen atoms in total. The summed E-state index contributed by atoms with van der Waals surface area (Å²) in [6.45, 7) is 0.197. The van der Waals surface area contributed by atoms with Crippen molar-refractivity contribution in [1.82, 2.24) is 9.29 Å². The smallest absolute Gasteiger partial charge is 0.243 e. The van der Waals surface area contributed by atoms with Crippen molar-refractivity contribution in [1.29, 1.82) is 0 Å². The Balaban J connectivity index is 0.00000243. The number of nitrogens with zero attached hydrogens (tertiary/aromatic N) is 2. The number of methoxy groups -OCH3 is 1. The molecule has 0 aliphatic heterocycles. The second-order valence-corrected chi connectivity index (χ2v) is 7.61. The van der Waals surface area contributed by atoms with E-state index in [1.54, 1.807) is 31.4 Å². The van der Waals surface area contributed by atoms with E-state index in [2.05, 4.69) is 4.98 Å². The molecular weight excluding hydrogens is 376 g/mol. The van der Waals surface area contributed by atoms with Gasteiger partial charge in [-0.3, -0.25) is 4.98 Å². The van der Waals surface area contributed by atoms with Crippen LogP contribution in [0.15, 0.2) is 59.6 Å². The molecule has 0 radical (unpaired) electrons. The molecule has 1 N–H and O–H groups in total. The molecule has 26 heavy (non-hydrogen) atoms. The number of phenolic OH excluding ortho intramolecular Hbond substituents is 1. The molecule has 0 spiro atoms. The van der Waals surface area contributed by atoms with Crippen LogP contribution in [-0.4, -0.2) is 37.0 Å². The van der Waals surface area contributed by atoms with E-state index in [4.69, 9.17) is 4.74 Å². The van der Waals surface area contributed by atoms with Crippen molar-refractivity contribution in [3.63, 3.8) is 0 Å². The fraction of sp³-hybridized carbons (Fsp3) is 0.167. The molecule has 0 saturated heterocycles. The third kappa shape index (κ3) is 3.75. The average molecular weight is 395 g/mol. The highest BCUT2D eigenvalue weighted by Crippen LogP contribution is 2.30. The number of phenols is 1. The second kappa shape index (κ2) is 7.90. The highest BCUT2D eigenvalue weighted by atomic mass is 35.5. The Kier molecular flexibility index (Phi) is 6.07. The molecule has 138 valence electrons. The number of halogens is 1. The van der Waals surface area contributed by atoms with E-state index in [0.29, 0.717) is 11.1 Å². The zero-order valence-electron chi connectivity index (χ0n) is 14.3. The Morgan fingerprint density at radius 2 is 1.92 bits per heavy atom. The lowest BCUT2D eigenvalue weighted by molar-refractivity contribution is 0.412. The maximum absolute atomic E-state index is 13.0. The average Bonchev–Trinajstić information content (AvgIpc) is 2.62. The van der Waals surface area contributed by atoms with Gasteiger partial charge in [-0.2, -0.15) is 4.31 Å². The summed E-state index contributed by atoms with van der Waals surface area (Å²) < 4.78 is 32.4. The second-order valence-electron chi connectivity index (χ2n) is 5.60. The van der Waals surface area contributed by atoms with Gasteiger partial charge in [-0.15, -0.1) is 12.4 Å². The molecule has 0 aliphatic rings. The number of benzene rings is 2. The van der Waals surface area contributed by atoms with Crippen LogP contribution in [0.25, 0.3) is 10.9 Å². The molecule has 0 unspecified atom stereocenters. The number of aromatic nitrogens is 1. The number of hydrogen-bond donors (Lipinski definition) is 1. The van der Waals surface area contributed by atoms with Gasteiger partial charge in [0, 0.05) is 25.2 Å². The molecule has 0 bridgehead atoms.